The lowest BCUT2D eigenvalue weighted by Gasteiger charge is -2.30. The number of hydrogen-bond acceptors (Lipinski definition) is 1. The number of hydrogen-bond donors (Lipinski definition) is 0. The Morgan fingerprint density at radius 1 is 0.468 bits per heavy atom. The van der Waals surface area contributed by atoms with Gasteiger partial charge in [-0.3, -0.25) is 0 Å². The molecule has 4 aromatic rings. The summed E-state index contributed by atoms with van der Waals surface area (Å²) in [5, 5.41) is -0.0120. The highest BCUT2D eigenvalue weighted by atomic mass is 32.2. The summed E-state index contributed by atoms with van der Waals surface area (Å²) in [5.41, 5.74) is 7.49. The summed E-state index contributed by atoms with van der Waals surface area (Å²) in [6.45, 7) is 4.60. The zero-order valence-corrected chi connectivity index (χ0v) is 29.2. The van der Waals surface area contributed by atoms with Crippen LogP contribution in [0.4, 0.5) is 8.78 Å². The van der Waals surface area contributed by atoms with Crippen molar-refractivity contribution in [2.45, 2.75) is 113 Å². The van der Waals surface area contributed by atoms with Crippen molar-refractivity contribution < 1.29 is 8.78 Å². The highest BCUT2D eigenvalue weighted by molar-refractivity contribution is 8.00. The molecule has 2 atom stereocenters. The predicted octanol–water partition coefficient (Wildman–Crippen LogP) is 13.7. The van der Waals surface area contributed by atoms with Crippen LogP contribution in [0.2, 0.25) is 0 Å². The first-order chi connectivity index (χ1) is 23.0. The fraction of sp³-hybridized carbons (Fsp3) is 0.455. The predicted molar refractivity (Wildman–Crippen MR) is 196 cm³/mol. The van der Waals surface area contributed by atoms with Gasteiger partial charge in [-0.25, -0.2) is 8.78 Å². The fourth-order valence-corrected chi connectivity index (χ4v) is 9.91. The van der Waals surface area contributed by atoms with Crippen molar-refractivity contribution in [3.63, 3.8) is 0 Å². The van der Waals surface area contributed by atoms with Crippen molar-refractivity contribution >= 4 is 11.8 Å². The highest BCUT2D eigenvalue weighted by Crippen LogP contribution is 2.49. The van der Waals surface area contributed by atoms with E-state index in [2.05, 4.69) is 62.4 Å². The first kappa shape index (κ1) is 34.0. The van der Waals surface area contributed by atoms with Crippen LogP contribution in [-0.4, -0.2) is 0 Å². The van der Waals surface area contributed by atoms with E-state index < -0.39 is 0 Å². The van der Waals surface area contributed by atoms with Crippen LogP contribution in [0.15, 0.2) is 97.1 Å². The van der Waals surface area contributed by atoms with Crippen molar-refractivity contribution in [2.24, 2.45) is 11.8 Å². The third-order valence-corrected chi connectivity index (χ3v) is 12.8. The van der Waals surface area contributed by atoms with E-state index in [1.807, 2.05) is 36.0 Å². The molecular formula is C44H52F2S. The topological polar surface area (TPSA) is 0 Å². The van der Waals surface area contributed by atoms with Crippen molar-refractivity contribution in [3.8, 4) is 0 Å². The monoisotopic (exact) mass is 650 g/mol. The molecule has 6 rings (SSSR count). The minimum Gasteiger partial charge on any atom is -0.207 e. The molecule has 0 nitrogen and oxygen atoms in total. The first-order valence-corrected chi connectivity index (χ1v) is 19.3. The molecule has 2 aliphatic carbocycles. The lowest BCUT2D eigenvalue weighted by Crippen LogP contribution is -2.13. The van der Waals surface area contributed by atoms with E-state index in [0.717, 1.165) is 23.0 Å². The second-order valence-electron chi connectivity index (χ2n) is 14.3. The zero-order chi connectivity index (χ0) is 32.6. The van der Waals surface area contributed by atoms with Crippen molar-refractivity contribution in [1.82, 2.24) is 0 Å². The Kier molecular flexibility index (Phi) is 11.9. The van der Waals surface area contributed by atoms with Gasteiger partial charge in [0.15, 0.2) is 0 Å². The van der Waals surface area contributed by atoms with Gasteiger partial charge in [0.2, 0.25) is 0 Å². The summed E-state index contributed by atoms with van der Waals surface area (Å²) in [4.78, 5) is 0. The van der Waals surface area contributed by atoms with E-state index in [1.165, 1.54) is 99.3 Å². The Labute approximate surface area is 286 Å². The van der Waals surface area contributed by atoms with Crippen molar-refractivity contribution in [2.75, 3.05) is 0 Å². The third-order valence-electron chi connectivity index (χ3n) is 11.1. The summed E-state index contributed by atoms with van der Waals surface area (Å²) in [7, 11) is 0. The highest BCUT2D eigenvalue weighted by Gasteiger charge is 2.27. The maximum Gasteiger partial charge on any atom is 0.123 e. The molecule has 2 saturated carbocycles. The molecule has 2 fully saturated rings. The quantitative estimate of drug-likeness (QED) is 0.147. The van der Waals surface area contributed by atoms with Crippen LogP contribution in [0.25, 0.3) is 0 Å². The molecule has 0 heterocycles. The standard InChI is InChI=1S/C44H52F2S/c1-3-5-31-7-11-33(12-8-31)35-15-19-37(20-16-35)43(39-23-27-41(45)28-24-39)47-44(40-25-29-42(46)30-26-40)38-21-17-36(18-22-38)34-13-9-32(6-4-2)10-14-34/h15-34,43-44H,3-14H2,1-2H3/t31-,32-,33-,34-,43?,44?. The molecule has 0 saturated heterocycles. The van der Waals surface area contributed by atoms with Gasteiger partial charge in [0.1, 0.15) is 11.6 Å². The lowest BCUT2D eigenvalue weighted by atomic mass is 9.77. The smallest absolute Gasteiger partial charge is 0.123 e. The third kappa shape index (κ3) is 8.77. The Hall–Kier alpha value is -2.91. The summed E-state index contributed by atoms with van der Waals surface area (Å²) in [6, 6.07) is 32.6. The van der Waals surface area contributed by atoms with Gasteiger partial charge in [-0.15, -0.1) is 11.8 Å². The average molecular weight is 651 g/mol. The molecule has 0 bridgehead atoms. The molecule has 0 aliphatic heterocycles. The molecule has 0 amide bonds. The van der Waals surface area contributed by atoms with Crippen LogP contribution < -0.4 is 0 Å². The molecule has 0 radical (unpaired) electrons. The fourth-order valence-electron chi connectivity index (χ4n) is 8.38. The molecule has 3 heteroatoms. The number of benzene rings is 4. The maximum atomic E-state index is 14.1. The normalized spacial score (nSPS) is 22.9. The number of halogens is 2. The SMILES string of the molecule is CCC[C@H]1CC[C@H](c2ccc(C(SC(c3ccc(F)cc3)c3ccc([C@H]4CC[C@H](CCC)CC4)cc3)c3ccc(F)cc3)cc2)CC1. The van der Waals surface area contributed by atoms with E-state index in [9.17, 15) is 8.78 Å². The average Bonchev–Trinajstić information content (AvgIpc) is 3.11. The van der Waals surface area contributed by atoms with Gasteiger partial charge in [-0.2, -0.15) is 0 Å². The van der Waals surface area contributed by atoms with E-state index in [-0.39, 0.29) is 22.1 Å². The molecule has 0 N–H and O–H groups in total. The van der Waals surface area contributed by atoms with E-state index >= 15 is 0 Å². The Balaban J connectivity index is 1.27. The van der Waals surface area contributed by atoms with Gasteiger partial charge < -0.3 is 0 Å². The molecule has 0 spiro atoms. The van der Waals surface area contributed by atoms with Crippen LogP contribution in [-0.2, 0) is 0 Å². The molecular weight excluding hydrogens is 599 g/mol. The van der Waals surface area contributed by atoms with Crippen LogP contribution in [0.3, 0.4) is 0 Å². The van der Waals surface area contributed by atoms with Crippen molar-refractivity contribution in [1.29, 1.82) is 0 Å². The van der Waals surface area contributed by atoms with Gasteiger partial charge >= 0.3 is 0 Å². The van der Waals surface area contributed by atoms with Crippen LogP contribution >= 0.6 is 11.8 Å². The van der Waals surface area contributed by atoms with E-state index in [0.29, 0.717) is 11.8 Å². The first-order valence-electron chi connectivity index (χ1n) is 18.4. The van der Waals surface area contributed by atoms with Crippen LogP contribution in [0.1, 0.15) is 147 Å². The summed E-state index contributed by atoms with van der Waals surface area (Å²) >= 11 is 1.86. The molecule has 2 unspecified atom stereocenters. The van der Waals surface area contributed by atoms with Gasteiger partial charge in [0, 0.05) is 0 Å². The molecule has 2 aliphatic rings. The zero-order valence-electron chi connectivity index (χ0n) is 28.4. The van der Waals surface area contributed by atoms with Crippen LogP contribution in [0.5, 0.6) is 0 Å². The molecule has 4 aromatic carbocycles. The summed E-state index contributed by atoms with van der Waals surface area (Å²) in [5.74, 6) is 2.63. The summed E-state index contributed by atoms with van der Waals surface area (Å²) in [6.07, 6.45) is 15.8. The van der Waals surface area contributed by atoms with Gasteiger partial charge in [0.25, 0.3) is 0 Å². The molecule has 0 aromatic heterocycles. The Bertz CT molecular complexity index is 1380. The molecule has 248 valence electrons. The Morgan fingerprint density at radius 2 is 0.766 bits per heavy atom. The van der Waals surface area contributed by atoms with Gasteiger partial charge in [0.05, 0.1) is 10.5 Å². The number of thioether (sulfide) groups is 1. The lowest BCUT2D eigenvalue weighted by molar-refractivity contribution is 0.308. The minimum atomic E-state index is -0.221. The minimum absolute atomic E-state index is 0.00601. The van der Waals surface area contributed by atoms with Gasteiger partial charge in [-0.05, 0) is 133 Å². The Morgan fingerprint density at radius 3 is 1.06 bits per heavy atom. The van der Waals surface area contributed by atoms with E-state index in [4.69, 9.17) is 0 Å². The summed E-state index contributed by atoms with van der Waals surface area (Å²) < 4.78 is 28.3. The van der Waals surface area contributed by atoms with Crippen molar-refractivity contribution in [3.05, 3.63) is 142 Å². The molecule has 47 heavy (non-hydrogen) atoms. The van der Waals surface area contributed by atoms with Crippen LogP contribution in [0, 0.1) is 23.5 Å². The second-order valence-corrected chi connectivity index (χ2v) is 15.6. The number of rotatable bonds is 12. The second kappa shape index (κ2) is 16.5. The maximum absolute atomic E-state index is 14.1. The van der Waals surface area contributed by atoms with E-state index in [1.54, 1.807) is 24.3 Å². The van der Waals surface area contributed by atoms with Gasteiger partial charge in [-0.1, -0.05) is 112 Å². The largest absolute Gasteiger partial charge is 0.207 e.